The number of benzene rings is 1. The van der Waals surface area contributed by atoms with Gasteiger partial charge in [0.05, 0.1) is 6.54 Å². The number of nitrogens with one attached hydrogen (secondary N) is 2. The van der Waals surface area contributed by atoms with Crippen LogP contribution in [-0.4, -0.2) is 49.2 Å². The van der Waals surface area contributed by atoms with Gasteiger partial charge in [-0.3, -0.25) is 4.79 Å². The van der Waals surface area contributed by atoms with Gasteiger partial charge in [0.1, 0.15) is 10.7 Å². The molecular formula is C13H17FN2O6S. The van der Waals surface area contributed by atoms with E-state index in [1.807, 2.05) is 0 Å². The third kappa shape index (κ3) is 5.58. The van der Waals surface area contributed by atoms with Crippen LogP contribution in [-0.2, 0) is 19.6 Å². The summed E-state index contributed by atoms with van der Waals surface area (Å²) >= 11 is 0. The molecule has 0 saturated carbocycles. The summed E-state index contributed by atoms with van der Waals surface area (Å²) in [7, 11) is -4.09. The van der Waals surface area contributed by atoms with Gasteiger partial charge in [-0.2, -0.15) is 0 Å². The zero-order valence-corrected chi connectivity index (χ0v) is 13.1. The predicted octanol–water partition coefficient (Wildman–Crippen LogP) is -0.554. The molecule has 4 N–H and O–H groups in total. The molecule has 0 bridgehead atoms. The fraction of sp³-hybridized carbons (Fsp3) is 0.385. The Morgan fingerprint density at radius 2 is 1.91 bits per heavy atom. The molecule has 23 heavy (non-hydrogen) atoms. The van der Waals surface area contributed by atoms with Crippen molar-refractivity contribution in [1.29, 1.82) is 0 Å². The van der Waals surface area contributed by atoms with E-state index in [0.717, 1.165) is 19.1 Å². The van der Waals surface area contributed by atoms with E-state index in [2.05, 4.69) is 10.0 Å². The number of carboxylic acid groups (broad SMARTS) is 1. The van der Waals surface area contributed by atoms with Crippen molar-refractivity contribution in [3.63, 3.8) is 0 Å². The van der Waals surface area contributed by atoms with E-state index in [4.69, 9.17) is 5.11 Å². The van der Waals surface area contributed by atoms with E-state index in [1.165, 1.54) is 12.1 Å². The average Bonchev–Trinajstić information content (AvgIpc) is 2.45. The molecule has 0 heterocycles. The summed E-state index contributed by atoms with van der Waals surface area (Å²) in [6.45, 7) is 0.176. The highest BCUT2D eigenvalue weighted by molar-refractivity contribution is 7.89. The Balaban J connectivity index is 2.49. The molecule has 0 saturated heterocycles. The molecule has 8 nitrogen and oxygen atoms in total. The molecular weight excluding hydrogens is 331 g/mol. The summed E-state index contributed by atoms with van der Waals surface area (Å²) < 4.78 is 39.2. The maximum atomic E-state index is 13.4. The van der Waals surface area contributed by atoms with Crippen LogP contribution in [0.2, 0.25) is 0 Å². The molecule has 1 aromatic rings. The monoisotopic (exact) mass is 348 g/mol. The van der Waals surface area contributed by atoms with Gasteiger partial charge in [0, 0.05) is 13.0 Å². The lowest BCUT2D eigenvalue weighted by molar-refractivity contribution is -0.156. The lowest BCUT2D eigenvalue weighted by atomic mass is 10.1. The molecule has 0 spiro atoms. The number of carboxylic acids is 1. The Hall–Kier alpha value is -2.04. The van der Waals surface area contributed by atoms with Gasteiger partial charge in [-0.1, -0.05) is 12.1 Å². The van der Waals surface area contributed by atoms with Crippen LogP contribution in [0, 0.1) is 5.82 Å². The Bertz CT molecular complexity index is 689. The Labute approximate surface area is 132 Å². The third-order valence-electron chi connectivity index (χ3n) is 2.86. The number of carbonyl (C=O) groups is 2. The predicted molar refractivity (Wildman–Crippen MR) is 77.5 cm³/mol. The SMILES string of the molecule is CC(O)(CNC(=O)CCNS(=O)(=O)c1ccccc1F)C(=O)O. The number of sulfonamides is 1. The lowest BCUT2D eigenvalue weighted by Gasteiger charge is -2.18. The molecule has 1 unspecified atom stereocenters. The van der Waals surface area contributed by atoms with E-state index < -0.39 is 44.8 Å². The van der Waals surface area contributed by atoms with Crippen molar-refractivity contribution in [3.8, 4) is 0 Å². The summed E-state index contributed by atoms with van der Waals surface area (Å²) in [6.07, 6.45) is -0.302. The van der Waals surface area contributed by atoms with Crippen LogP contribution in [0.25, 0.3) is 0 Å². The number of halogens is 1. The molecule has 0 aliphatic carbocycles. The van der Waals surface area contributed by atoms with Crippen molar-refractivity contribution in [2.24, 2.45) is 0 Å². The van der Waals surface area contributed by atoms with Gasteiger partial charge < -0.3 is 15.5 Å². The van der Waals surface area contributed by atoms with Gasteiger partial charge in [0.15, 0.2) is 5.60 Å². The Kier molecular flexibility index (Phi) is 6.19. The van der Waals surface area contributed by atoms with E-state index in [0.29, 0.717) is 0 Å². The molecule has 128 valence electrons. The second kappa shape index (κ2) is 7.49. The maximum absolute atomic E-state index is 13.4. The van der Waals surface area contributed by atoms with Crippen LogP contribution in [0.15, 0.2) is 29.2 Å². The quantitative estimate of drug-likeness (QED) is 0.498. The zero-order valence-electron chi connectivity index (χ0n) is 12.2. The summed E-state index contributed by atoms with van der Waals surface area (Å²) in [4.78, 5) is 21.6. The standard InChI is InChI=1S/C13H17FN2O6S/c1-13(20,12(18)19)8-15-11(17)6-7-16-23(21,22)10-5-3-2-4-9(10)14/h2-5,16,20H,6-8H2,1H3,(H,15,17)(H,18,19). The van der Waals surface area contributed by atoms with Crippen LogP contribution < -0.4 is 10.0 Å². The molecule has 10 heteroatoms. The van der Waals surface area contributed by atoms with Gasteiger partial charge in [-0.15, -0.1) is 0 Å². The van der Waals surface area contributed by atoms with Gasteiger partial charge in [0.25, 0.3) is 0 Å². The second-order valence-corrected chi connectivity index (χ2v) is 6.67. The molecule has 0 aliphatic heterocycles. The number of hydrogen-bond donors (Lipinski definition) is 4. The second-order valence-electron chi connectivity index (χ2n) is 4.93. The minimum Gasteiger partial charge on any atom is -0.479 e. The largest absolute Gasteiger partial charge is 0.479 e. The highest BCUT2D eigenvalue weighted by Crippen LogP contribution is 2.12. The number of carbonyl (C=O) groups excluding carboxylic acids is 1. The first-order valence-electron chi connectivity index (χ1n) is 6.53. The van der Waals surface area contributed by atoms with Crippen LogP contribution in [0.4, 0.5) is 4.39 Å². The van der Waals surface area contributed by atoms with Gasteiger partial charge in [-0.05, 0) is 19.1 Å². The van der Waals surface area contributed by atoms with E-state index >= 15 is 0 Å². The molecule has 0 aromatic heterocycles. The highest BCUT2D eigenvalue weighted by atomic mass is 32.2. The summed E-state index contributed by atoms with van der Waals surface area (Å²) in [5.41, 5.74) is -2.12. The van der Waals surface area contributed by atoms with E-state index in [9.17, 15) is 27.5 Å². The van der Waals surface area contributed by atoms with Gasteiger partial charge >= 0.3 is 5.97 Å². The van der Waals surface area contributed by atoms with Crippen molar-refractivity contribution >= 4 is 21.9 Å². The van der Waals surface area contributed by atoms with Crippen molar-refractivity contribution < 1.29 is 32.6 Å². The average molecular weight is 348 g/mol. The van der Waals surface area contributed by atoms with Gasteiger partial charge in [-0.25, -0.2) is 22.3 Å². The van der Waals surface area contributed by atoms with Crippen LogP contribution in [0.1, 0.15) is 13.3 Å². The molecule has 1 rings (SSSR count). The fourth-order valence-electron chi connectivity index (χ4n) is 1.47. The van der Waals surface area contributed by atoms with Gasteiger partial charge in [0.2, 0.25) is 15.9 Å². The smallest absolute Gasteiger partial charge is 0.337 e. The van der Waals surface area contributed by atoms with Crippen LogP contribution in [0.3, 0.4) is 0 Å². The molecule has 1 amide bonds. The van der Waals surface area contributed by atoms with E-state index in [-0.39, 0.29) is 13.0 Å². The van der Waals surface area contributed by atoms with Crippen LogP contribution >= 0.6 is 0 Å². The number of aliphatic carboxylic acids is 1. The molecule has 1 aromatic carbocycles. The lowest BCUT2D eigenvalue weighted by Crippen LogP contribution is -2.47. The van der Waals surface area contributed by atoms with Crippen molar-refractivity contribution in [2.45, 2.75) is 23.8 Å². The minimum absolute atomic E-state index is 0.302. The molecule has 1 atom stereocenters. The maximum Gasteiger partial charge on any atom is 0.337 e. The molecule has 0 fully saturated rings. The fourth-order valence-corrected chi connectivity index (χ4v) is 2.58. The summed E-state index contributed by atoms with van der Waals surface area (Å²) in [5.74, 6) is -3.08. The number of amides is 1. The van der Waals surface area contributed by atoms with Crippen molar-refractivity contribution in [1.82, 2.24) is 10.0 Å². The normalized spacial score (nSPS) is 14.0. The van der Waals surface area contributed by atoms with Crippen LogP contribution in [0.5, 0.6) is 0 Å². The summed E-state index contributed by atoms with van der Waals surface area (Å²) in [5, 5.41) is 20.2. The highest BCUT2D eigenvalue weighted by Gasteiger charge is 2.30. The number of hydrogen-bond acceptors (Lipinski definition) is 5. The third-order valence-corrected chi connectivity index (χ3v) is 4.36. The van der Waals surface area contributed by atoms with Crippen molar-refractivity contribution in [3.05, 3.63) is 30.1 Å². The van der Waals surface area contributed by atoms with E-state index in [1.54, 1.807) is 0 Å². The summed E-state index contributed by atoms with van der Waals surface area (Å²) in [6, 6.07) is 4.78. The first kappa shape index (κ1) is 19.0. The first-order chi connectivity index (χ1) is 10.6. The Morgan fingerprint density at radius 1 is 1.30 bits per heavy atom. The first-order valence-corrected chi connectivity index (χ1v) is 8.01. The molecule has 0 radical (unpaired) electrons. The Morgan fingerprint density at radius 3 is 2.48 bits per heavy atom. The number of aliphatic hydroxyl groups is 1. The zero-order chi connectivity index (χ0) is 17.7. The topological polar surface area (TPSA) is 133 Å². The molecule has 0 aliphatic rings. The van der Waals surface area contributed by atoms with Crippen molar-refractivity contribution in [2.75, 3.05) is 13.1 Å². The number of rotatable bonds is 8. The minimum atomic E-state index is -4.09.